The Balaban J connectivity index is 2.03. The van der Waals surface area contributed by atoms with Gasteiger partial charge in [-0.25, -0.2) is 8.42 Å². The van der Waals surface area contributed by atoms with Crippen molar-refractivity contribution in [1.29, 1.82) is 0 Å². The quantitative estimate of drug-likeness (QED) is 0.702. The van der Waals surface area contributed by atoms with Crippen molar-refractivity contribution in [1.82, 2.24) is 9.62 Å². The van der Waals surface area contributed by atoms with E-state index < -0.39 is 22.0 Å². The Hall–Kier alpha value is -1.64. The molecule has 0 aromatic heterocycles. The average Bonchev–Trinajstić information content (AvgIpc) is 3.11. The summed E-state index contributed by atoms with van der Waals surface area (Å²) in [6.45, 7) is 4.31. The highest BCUT2D eigenvalue weighted by atomic mass is 35.5. The lowest BCUT2D eigenvalue weighted by atomic mass is 10.1. The first-order chi connectivity index (χ1) is 12.2. The van der Waals surface area contributed by atoms with Gasteiger partial charge in [0.05, 0.1) is 4.90 Å². The van der Waals surface area contributed by atoms with Crippen LogP contribution in [0.25, 0.3) is 0 Å². The Morgan fingerprint density at radius 1 is 1.27 bits per heavy atom. The number of halogens is 1. The predicted molar refractivity (Wildman–Crippen MR) is 97.2 cm³/mol. The number of benzene rings is 1. The molecule has 1 heterocycles. The lowest BCUT2D eigenvalue weighted by molar-refractivity contribution is -0.153. The molecule has 0 spiro atoms. The molecule has 1 aliphatic rings. The van der Waals surface area contributed by atoms with Gasteiger partial charge in [-0.1, -0.05) is 31.5 Å². The molecule has 0 aliphatic carbocycles. The topological polar surface area (TPSA) is 92.8 Å². The maximum atomic E-state index is 12.5. The van der Waals surface area contributed by atoms with E-state index in [1.54, 1.807) is 24.8 Å². The number of nitrogens with one attached hydrogen (secondary N) is 1. The minimum Gasteiger partial charge on any atom is -0.454 e. The normalized spacial score (nSPS) is 15.9. The molecule has 1 saturated heterocycles. The van der Waals surface area contributed by atoms with Gasteiger partial charge in [-0.2, -0.15) is 4.72 Å². The third-order valence-electron chi connectivity index (χ3n) is 4.11. The van der Waals surface area contributed by atoms with Gasteiger partial charge in [-0.15, -0.1) is 0 Å². The number of hydrogen-bond acceptors (Lipinski definition) is 5. The van der Waals surface area contributed by atoms with Crippen molar-refractivity contribution < 1.29 is 22.7 Å². The average molecular weight is 403 g/mol. The van der Waals surface area contributed by atoms with Gasteiger partial charge in [0, 0.05) is 18.1 Å². The number of amides is 1. The largest absolute Gasteiger partial charge is 0.454 e. The Labute approximate surface area is 158 Å². The molecular weight excluding hydrogens is 380 g/mol. The van der Waals surface area contributed by atoms with E-state index in [0.29, 0.717) is 13.1 Å². The molecule has 1 N–H and O–H groups in total. The maximum Gasteiger partial charge on any atom is 0.324 e. The lowest BCUT2D eigenvalue weighted by Gasteiger charge is -2.21. The number of sulfonamides is 1. The van der Waals surface area contributed by atoms with Gasteiger partial charge >= 0.3 is 5.97 Å². The van der Waals surface area contributed by atoms with Crippen LogP contribution in [0.1, 0.15) is 26.7 Å². The van der Waals surface area contributed by atoms with Crippen molar-refractivity contribution in [3.63, 3.8) is 0 Å². The van der Waals surface area contributed by atoms with Crippen molar-refractivity contribution in [2.24, 2.45) is 5.92 Å². The molecule has 1 aliphatic heterocycles. The molecule has 26 heavy (non-hydrogen) atoms. The van der Waals surface area contributed by atoms with Gasteiger partial charge in [0.15, 0.2) is 6.61 Å². The molecule has 0 bridgehead atoms. The van der Waals surface area contributed by atoms with Crippen molar-refractivity contribution in [2.75, 3.05) is 19.7 Å². The Morgan fingerprint density at radius 3 is 2.50 bits per heavy atom. The number of esters is 1. The molecule has 1 aromatic carbocycles. The first kappa shape index (κ1) is 20.7. The number of ether oxygens (including phenoxy) is 1. The zero-order chi connectivity index (χ0) is 19.3. The van der Waals surface area contributed by atoms with Crippen LogP contribution in [0.5, 0.6) is 0 Å². The van der Waals surface area contributed by atoms with Gasteiger partial charge in [0.2, 0.25) is 10.0 Å². The van der Waals surface area contributed by atoms with Crippen LogP contribution in [0.3, 0.4) is 0 Å². The summed E-state index contributed by atoms with van der Waals surface area (Å²) in [6.07, 6.45) is 1.88. The second-order valence-electron chi connectivity index (χ2n) is 6.50. The highest BCUT2D eigenvalue weighted by Crippen LogP contribution is 2.17. The minimum atomic E-state index is -3.96. The summed E-state index contributed by atoms with van der Waals surface area (Å²) in [7, 11) is -3.96. The van der Waals surface area contributed by atoms with Gasteiger partial charge in [0.25, 0.3) is 5.91 Å². The lowest BCUT2D eigenvalue weighted by Crippen LogP contribution is -2.46. The van der Waals surface area contributed by atoms with Crippen molar-refractivity contribution >= 4 is 33.5 Å². The molecule has 1 atom stereocenters. The first-order valence-electron chi connectivity index (χ1n) is 8.43. The predicted octanol–water partition coefficient (Wildman–Crippen LogP) is 1.81. The van der Waals surface area contributed by atoms with E-state index in [1.165, 1.54) is 18.2 Å². The van der Waals surface area contributed by atoms with Crippen molar-refractivity contribution in [3.05, 3.63) is 29.3 Å². The number of carbonyl (C=O) groups is 2. The number of rotatable bonds is 7. The number of likely N-dealkylation sites (tertiary alicyclic amines) is 1. The molecule has 1 aromatic rings. The summed E-state index contributed by atoms with van der Waals surface area (Å²) < 4.78 is 32.4. The Bertz CT molecular complexity index is 760. The Morgan fingerprint density at radius 2 is 1.92 bits per heavy atom. The van der Waals surface area contributed by atoms with Crippen LogP contribution in [0, 0.1) is 5.92 Å². The second kappa shape index (κ2) is 8.83. The highest BCUT2D eigenvalue weighted by Gasteiger charge is 2.30. The van der Waals surface area contributed by atoms with Crippen LogP contribution in [0.4, 0.5) is 0 Å². The van der Waals surface area contributed by atoms with Gasteiger partial charge < -0.3 is 9.64 Å². The molecular formula is C17H23ClN2O5S. The third-order valence-corrected chi connectivity index (χ3v) is 5.78. The van der Waals surface area contributed by atoms with Crippen LogP contribution < -0.4 is 4.72 Å². The zero-order valence-electron chi connectivity index (χ0n) is 14.8. The molecule has 0 saturated carbocycles. The van der Waals surface area contributed by atoms with Crippen LogP contribution in [-0.2, 0) is 24.3 Å². The van der Waals surface area contributed by atoms with E-state index in [2.05, 4.69) is 4.72 Å². The van der Waals surface area contributed by atoms with E-state index in [-0.39, 0.29) is 28.4 Å². The van der Waals surface area contributed by atoms with Crippen LogP contribution in [-0.4, -0.2) is 50.9 Å². The van der Waals surface area contributed by atoms with Crippen LogP contribution >= 0.6 is 11.6 Å². The summed E-state index contributed by atoms with van der Waals surface area (Å²) in [4.78, 5) is 25.9. The Kier molecular flexibility index (Phi) is 7.02. The third kappa shape index (κ3) is 5.43. The fraction of sp³-hybridized carbons (Fsp3) is 0.529. The second-order valence-corrected chi connectivity index (χ2v) is 8.65. The van der Waals surface area contributed by atoms with E-state index in [0.717, 1.165) is 12.8 Å². The van der Waals surface area contributed by atoms with Crippen molar-refractivity contribution in [2.45, 2.75) is 37.6 Å². The molecule has 144 valence electrons. The maximum absolute atomic E-state index is 12.5. The van der Waals surface area contributed by atoms with Gasteiger partial charge in [0.1, 0.15) is 6.04 Å². The molecule has 0 radical (unpaired) electrons. The van der Waals surface area contributed by atoms with Gasteiger partial charge in [-0.3, -0.25) is 9.59 Å². The molecule has 1 amide bonds. The number of nitrogens with zero attached hydrogens (tertiary/aromatic N) is 1. The fourth-order valence-electron chi connectivity index (χ4n) is 2.61. The minimum absolute atomic E-state index is 0.0448. The highest BCUT2D eigenvalue weighted by molar-refractivity contribution is 7.89. The monoisotopic (exact) mass is 402 g/mol. The standard InChI is InChI=1S/C17H23ClN2O5S/c1-12(2)16(17(22)25-11-15(21)20-8-3-4-9-20)19-26(23,24)14-7-5-6-13(18)10-14/h5-7,10,12,16,19H,3-4,8-9,11H2,1-2H3/t16-/m0/s1. The fourth-order valence-corrected chi connectivity index (χ4v) is 4.24. The molecule has 7 nitrogen and oxygen atoms in total. The van der Waals surface area contributed by atoms with E-state index in [1.807, 2.05) is 0 Å². The number of carbonyl (C=O) groups excluding carboxylic acids is 2. The number of hydrogen-bond donors (Lipinski definition) is 1. The molecule has 1 fully saturated rings. The summed E-state index contributed by atoms with van der Waals surface area (Å²) in [5.74, 6) is -1.41. The summed E-state index contributed by atoms with van der Waals surface area (Å²) >= 11 is 5.83. The molecule has 9 heteroatoms. The molecule has 0 unspecified atom stereocenters. The first-order valence-corrected chi connectivity index (χ1v) is 10.3. The SMILES string of the molecule is CC(C)[C@H](NS(=O)(=O)c1cccc(Cl)c1)C(=O)OCC(=O)N1CCCC1. The van der Waals surface area contributed by atoms with Crippen LogP contribution in [0.15, 0.2) is 29.2 Å². The van der Waals surface area contributed by atoms with Crippen LogP contribution in [0.2, 0.25) is 5.02 Å². The van der Waals surface area contributed by atoms with Gasteiger partial charge in [-0.05, 0) is 37.0 Å². The summed E-state index contributed by atoms with van der Waals surface area (Å²) in [6, 6.07) is 4.63. The van der Waals surface area contributed by atoms with Crippen molar-refractivity contribution in [3.8, 4) is 0 Å². The van der Waals surface area contributed by atoms with E-state index >= 15 is 0 Å². The molecule has 2 rings (SSSR count). The summed E-state index contributed by atoms with van der Waals surface area (Å²) in [5.41, 5.74) is 0. The summed E-state index contributed by atoms with van der Waals surface area (Å²) in [5, 5.41) is 0.271. The van der Waals surface area contributed by atoms with E-state index in [9.17, 15) is 18.0 Å². The smallest absolute Gasteiger partial charge is 0.324 e. The zero-order valence-corrected chi connectivity index (χ0v) is 16.3. The van der Waals surface area contributed by atoms with E-state index in [4.69, 9.17) is 16.3 Å².